The van der Waals surface area contributed by atoms with Crippen molar-refractivity contribution < 1.29 is 23.9 Å². The van der Waals surface area contributed by atoms with Crippen molar-refractivity contribution in [3.63, 3.8) is 0 Å². The molecule has 0 unspecified atom stereocenters. The molecule has 2 heterocycles. The Balaban J connectivity index is 1.42. The minimum Gasteiger partial charge on any atom is -0.494 e. The number of nitrogens with one attached hydrogen (secondary N) is 3. The summed E-state index contributed by atoms with van der Waals surface area (Å²) in [5.41, 5.74) is 10.8. The molecule has 12 heteroatoms. The highest BCUT2D eigenvalue weighted by Crippen LogP contribution is 2.29. The first-order valence-electron chi connectivity index (χ1n) is 14.8. The molecule has 2 aromatic heterocycles. The van der Waals surface area contributed by atoms with Crippen LogP contribution in [0, 0.1) is 6.92 Å². The van der Waals surface area contributed by atoms with Gasteiger partial charge in [-0.1, -0.05) is 0 Å². The standard InChI is InChI=1S/C31H45N7O5/c1-8-41-23-15-9-20(10-16-23)28(39)37-43-31(6,7)17-25-19(2)26(36-27-24(32)18-33-38(25)27)34-21-11-13-22(14-12-21)35-29(40)42-30(3,4)5/h9-10,15-16,18,21-22H,8,11-14,17,32H2,1-7H3,(H,34,36)(H,35,40)(H,37,39). The number of rotatable bonds is 10. The van der Waals surface area contributed by atoms with Gasteiger partial charge in [-0.05, 0) is 98.4 Å². The zero-order chi connectivity index (χ0) is 31.4. The van der Waals surface area contributed by atoms with Crippen molar-refractivity contribution in [1.82, 2.24) is 25.4 Å². The van der Waals surface area contributed by atoms with E-state index in [2.05, 4.69) is 21.2 Å². The van der Waals surface area contributed by atoms with E-state index in [-0.39, 0.29) is 24.1 Å². The normalized spacial score (nSPS) is 17.4. The minimum absolute atomic E-state index is 0.0706. The van der Waals surface area contributed by atoms with Crippen molar-refractivity contribution in [3.8, 4) is 5.75 Å². The quantitative estimate of drug-likeness (QED) is 0.238. The Kier molecular flexibility index (Phi) is 9.69. The predicted octanol–water partition coefficient (Wildman–Crippen LogP) is 4.95. The number of ether oxygens (including phenoxy) is 2. The highest BCUT2D eigenvalue weighted by atomic mass is 16.7. The molecular weight excluding hydrogens is 550 g/mol. The molecule has 0 spiro atoms. The smallest absolute Gasteiger partial charge is 0.407 e. The van der Waals surface area contributed by atoms with Gasteiger partial charge >= 0.3 is 6.09 Å². The van der Waals surface area contributed by atoms with E-state index in [0.717, 1.165) is 42.8 Å². The van der Waals surface area contributed by atoms with Gasteiger partial charge in [-0.25, -0.2) is 19.8 Å². The number of nitrogens with zero attached hydrogens (tertiary/aromatic N) is 3. The van der Waals surface area contributed by atoms with Crippen molar-refractivity contribution in [3.05, 3.63) is 47.3 Å². The van der Waals surface area contributed by atoms with Gasteiger partial charge in [0.05, 0.1) is 29.8 Å². The second-order valence-electron chi connectivity index (χ2n) is 12.6. The van der Waals surface area contributed by atoms with Crippen LogP contribution in [0.4, 0.5) is 16.3 Å². The molecule has 3 aromatic rings. The molecule has 1 aliphatic rings. The second kappa shape index (κ2) is 13.1. The fraction of sp³-hybridized carbons (Fsp3) is 0.548. The molecule has 4 rings (SSSR count). The van der Waals surface area contributed by atoms with Crippen LogP contribution in [0.3, 0.4) is 0 Å². The summed E-state index contributed by atoms with van der Waals surface area (Å²) in [5.74, 6) is 1.08. The molecule has 2 amide bonds. The van der Waals surface area contributed by atoms with Gasteiger partial charge in [-0.2, -0.15) is 5.10 Å². The number of nitrogen functional groups attached to an aromatic ring is 1. The third-order valence-corrected chi connectivity index (χ3v) is 7.26. The Morgan fingerprint density at radius 2 is 1.70 bits per heavy atom. The van der Waals surface area contributed by atoms with Gasteiger partial charge in [0.15, 0.2) is 5.65 Å². The zero-order valence-corrected chi connectivity index (χ0v) is 26.2. The van der Waals surface area contributed by atoms with E-state index in [1.807, 2.05) is 48.5 Å². The molecule has 1 aliphatic carbocycles. The molecular formula is C31H45N7O5. The highest BCUT2D eigenvalue weighted by molar-refractivity contribution is 5.93. The van der Waals surface area contributed by atoms with Crippen molar-refractivity contribution >= 4 is 29.2 Å². The summed E-state index contributed by atoms with van der Waals surface area (Å²) in [6.45, 7) is 13.8. The molecule has 0 atom stereocenters. The third kappa shape index (κ3) is 8.50. The molecule has 0 bridgehead atoms. The molecule has 0 saturated heterocycles. The maximum Gasteiger partial charge on any atom is 0.407 e. The lowest BCUT2D eigenvalue weighted by molar-refractivity contribution is -0.0705. The van der Waals surface area contributed by atoms with E-state index < -0.39 is 11.2 Å². The zero-order valence-electron chi connectivity index (χ0n) is 26.2. The number of nitrogens with two attached hydrogens (primary N) is 1. The first kappa shape index (κ1) is 31.9. The van der Waals surface area contributed by atoms with E-state index in [4.69, 9.17) is 25.0 Å². The van der Waals surface area contributed by atoms with Crippen LogP contribution < -0.4 is 26.6 Å². The third-order valence-electron chi connectivity index (χ3n) is 7.26. The van der Waals surface area contributed by atoms with Crippen LogP contribution in [-0.2, 0) is 16.0 Å². The first-order chi connectivity index (χ1) is 20.2. The van der Waals surface area contributed by atoms with Gasteiger partial charge in [0.1, 0.15) is 17.2 Å². The number of alkyl carbamates (subject to hydrolysis) is 1. The Hall–Kier alpha value is -4.06. The van der Waals surface area contributed by atoms with E-state index in [0.29, 0.717) is 35.7 Å². The summed E-state index contributed by atoms with van der Waals surface area (Å²) in [7, 11) is 0. The highest BCUT2D eigenvalue weighted by Gasteiger charge is 2.29. The SMILES string of the molecule is CCOc1ccc(C(=O)NOC(C)(C)Cc2c(C)c(NC3CCC(NC(=O)OC(C)(C)C)CC3)nc3c(N)cnn23)cc1. The summed E-state index contributed by atoms with van der Waals surface area (Å²) in [6.07, 6.45) is 5.01. The van der Waals surface area contributed by atoms with Gasteiger partial charge < -0.3 is 25.8 Å². The summed E-state index contributed by atoms with van der Waals surface area (Å²) < 4.78 is 12.6. The van der Waals surface area contributed by atoms with Crippen molar-refractivity contribution in [1.29, 1.82) is 0 Å². The molecule has 5 N–H and O–H groups in total. The largest absolute Gasteiger partial charge is 0.494 e. The summed E-state index contributed by atoms with van der Waals surface area (Å²) in [5, 5.41) is 11.1. The Morgan fingerprint density at radius 3 is 2.33 bits per heavy atom. The number of carbonyl (C=O) groups is 2. The van der Waals surface area contributed by atoms with Crippen LogP contribution in [0.2, 0.25) is 0 Å². The van der Waals surface area contributed by atoms with Gasteiger partial charge in [-0.3, -0.25) is 9.63 Å². The molecule has 12 nitrogen and oxygen atoms in total. The summed E-state index contributed by atoms with van der Waals surface area (Å²) in [4.78, 5) is 35.7. The molecule has 1 fully saturated rings. The number of amides is 2. The lowest BCUT2D eigenvalue weighted by atomic mass is 9.91. The first-order valence-corrected chi connectivity index (χ1v) is 14.8. The number of anilines is 2. The number of benzene rings is 1. The Bertz CT molecular complexity index is 1420. The number of hydrogen-bond acceptors (Lipinski definition) is 9. The van der Waals surface area contributed by atoms with E-state index in [1.165, 1.54) is 0 Å². The van der Waals surface area contributed by atoms with Gasteiger partial charge in [0.25, 0.3) is 5.91 Å². The Labute approximate surface area is 253 Å². The molecule has 234 valence electrons. The fourth-order valence-corrected chi connectivity index (χ4v) is 5.10. The lowest BCUT2D eigenvalue weighted by Crippen LogP contribution is -2.42. The molecule has 0 aliphatic heterocycles. The van der Waals surface area contributed by atoms with Gasteiger partial charge in [0, 0.05) is 29.6 Å². The van der Waals surface area contributed by atoms with Gasteiger partial charge in [0.2, 0.25) is 0 Å². The van der Waals surface area contributed by atoms with Crippen LogP contribution in [0.15, 0.2) is 30.5 Å². The summed E-state index contributed by atoms with van der Waals surface area (Å²) in [6, 6.07) is 7.14. The number of hydroxylamine groups is 1. The average Bonchev–Trinajstić information content (AvgIpc) is 3.30. The van der Waals surface area contributed by atoms with Crippen molar-refractivity contribution in [2.45, 2.75) is 104 Å². The van der Waals surface area contributed by atoms with Gasteiger partial charge in [-0.15, -0.1) is 0 Å². The predicted molar refractivity (Wildman–Crippen MR) is 165 cm³/mol. The van der Waals surface area contributed by atoms with Crippen molar-refractivity contribution in [2.75, 3.05) is 17.7 Å². The number of aromatic nitrogens is 3. The maximum absolute atomic E-state index is 12.8. The molecule has 1 saturated carbocycles. The van der Waals surface area contributed by atoms with Crippen LogP contribution in [0.5, 0.6) is 5.75 Å². The van der Waals surface area contributed by atoms with Crippen LogP contribution in [0.25, 0.3) is 5.65 Å². The average molecular weight is 596 g/mol. The van der Waals surface area contributed by atoms with E-state index >= 15 is 0 Å². The van der Waals surface area contributed by atoms with Crippen LogP contribution in [-0.4, -0.2) is 56.5 Å². The number of carbonyl (C=O) groups excluding carboxylic acids is 2. The minimum atomic E-state index is -0.788. The van der Waals surface area contributed by atoms with Crippen LogP contribution >= 0.6 is 0 Å². The van der Waals surface area contributed by atoms with E-state index in [1.54, 1.807) is 35.0 Å². The second-order valence-corrected chi connectivity index (χ2v) is 12.6. The topological polar surface area (TPSA) is 154 Å². The maximum atomic E-state index is 12.8. The lowest BCUT2D eigenvalue weighted by Gasteiger charge is -2.31. The number of fused-ring (bicyclic) bond motifs is 1. The summed E-state index contributed by atoms with van der Waals surface area (Å²) >= 11 is 0. The monoisotopic (exact) mass is 595 g/mol. The van der Waals surface area contributed by atoms with Crippen molar-refractivity contribution in [2.24, 2.45) is 0 Å². The molecule has 1 aromatic carbocycles. The molecule has 43 heavy (non-hydrogen) atoms. The van der Waals surface area contributed by atoms with Crippen LogP contribution in [0.1, 0.15) is 88.8 Å². The fourth-order valence-electron chi connectivity index (χ4n) is 5.10. The molecule has 0 radical (unpaired) electrons. The van der Waals surface area contributed by atoms with E-state index in [9.17, 15) is 9.59 Å². The number of hydrogen-bond donors (Lipinski definition) is 4. The Morgan fingerprint density at radius 1 is 1.05 bits per heavy atom.